The molecule has 31 heavy (non-hydrogen) atoms. The van der Waals surface area contributed by atoms with Crippen molar-refractivity contribution in [2.45, 2.75) is 57.3 Å². The summed E-state index contributed by atoms with van der Waals surface area (Å²) < 4.78 is 28.3. The predicted molar refractivity (Wildman–Crippen MR) is 115 cm³/mol. The monoisotopic (exact) mass is 448 g/mol. The van der Waals surface area contributed by atoms with E-state index in [1.807, 2.05) is 0 Å². The fraction of sp³-hybridized carbons (Fsp3) is 0.429. The lowest BCUT2D eigenvalue weighted by molar-refractivity contribution is -0.131. The molecule has 4 rings (SSSR count). The second-order valence-electron chi connectivity index (χ2n) is 8.29. The Labute approximate surface area is 183 Å². The molecule has 2 atom stereocenters. The van der Waals surface area contributed by atoms with Crippen molar-refractivity contribution in [2.24, 2.45) is 0 Å². The summed E-state index contributed by atoms with van der Waals surface area (Å²) in [4.78, 5) is 27.7. The van der Waals surface area contributed by atoms with Crippen LogP contribution in [0.5, 0.6) is 0 Å². The van der Waals surface area contributed by atoms with E-state index in [-0.39, 0.29) is 17.9 Å². The molecule has 10 heteroatoms. The number of alkyl halides is 1. The van der Waals surface area contributed by atoms with Crippen molar-refractivity contribution in [1.29, 1.82) is 0 Å². The zero-order chi connectivity index (χ0) is 22.2. The molecule has 3 heterocycles. The van der Waals surface area contributed by atoms with Crippen LogP contribution in [-0.4, -0.2) is 43.6 Å². The van der Waals surface area contributed by atoms with E-state index in [0.717, 1.165) is 30.8 Å². The molecular weight excluding hydrogens is 426 g/mol. The average molecular weight is 449 g/mol. The Morgan fingerprint density at radius 2 is 2.03 bits per heavy atom. The first kappa shape index (κ1) is 21.4. The Kier molecular flexibility index (Phi) is 5.79. The Balaban J connectivity index is 1.52. The minimum absolute atomic E-state index is 0.0807. The average Bonchev–Trinajstić information content (AvgIpc) is 3.12. The summed E-state index contributed by atoms with van der Waals surface area (Å²) >= 11 is 6.06. The third-order valence-corrected chi connectivity index (χ3v) is 5.58. The molecule has 0 radical (unpaired) electrons. The standard InChI is InChI=1S/C21H23ClF2N6O/c1-21(2,24)20(31)29-13-5-3-4-12(7-13)28-19-16(23)10-27-18(30-19)15-9-26-17-14(15)6-11(22)8-25-17/h6,8-10,12-13H,3-5,7H2,1-2H3,(H,25,26)(H,29,31)(H,27,28,30)/t12-,13+/m0/s1. The largest absolute Gasteiger partial charge is 0.365 e. The van der Waals surface area contributed by atoms with Gasteiger partial charge >= 0.3 is 0 Å². The third-order valence-electron chi connectivity index (χ3n) is 5.37. The summed E-state index contributed by atoms with van der Waals surface area (Å²) in [6.45, 7) is 2.46. The van der Waals surface area contributed by atoms with Crippen molar-refractivity contribution in [3.63, 3.8) is 0 Å². The number of halogens is 3. The van der Waals surface area contributed by atoms with Gasteiger partial charge in [-0.3, -0.25) is 4.79 Å². The van der Waals surface area contributed by atoms with Crippen molar-refractivity contribution < 1.29 is 13.6 Å². The number of carbonyl (C=O) groups excluding carboxylic acids is 1. The molecule has 3 aromatic rings. The minimum Gasteiger partial charge on any atom is -0.365 e. The summed E-state index contributed by atoms with van der Waals surface area (Å²) in [6.07, 6.45) is 7.27. The van der Waals surface area contributed by atoms with Gasteiger partial charge in [0.25, 0.3) is 5.91 Å². The second kappa shape index (κ2) is 8.37. The van der Waals surface area contributed by atoms with Crippen LogP contribution in [0.4, 0.5) is 14.6 Å². The van der Waals surface area contributed by atoms with Crippen LogP contribution in [0.2, 0.25) is 5.02 Å². The van der Waals surface area contributed by atoms with Gasteiger partial charge in [-0.15, -0.1) is 0 Å². The maximum absolute atomic E-state index is 14.5. The summed E-state index contributed by atoms with van der Waals surface area (Å²) in [5.74, 6) is -0.799. The molecule has 3 N–H and O–H groups in total. The first-order valence-electron chi connectivity index (χ1n) is 10.1. The number of nitrogens with one attached hydrogen (secondary N) is 3. The summed E-state index contributed by atoms with van der Waals surface area (Å²) in [5, 5.41) is 7.08. The van der Waals surface area contributed by atoms with E-state index in [1.54, 1.807) is 12.3 Å². The Morgan fingerprint density at radius 3 is 2.81 bits per heavy atom. The fourth-order valence-corrected chi connectivity index (χ4v) is 3.92. The van der Waals surface area contributed by atoms with Crippen LogP contribution in [0, 0.1) is 5.82 Å². The molecule has 3 aromatic heterocycles. The second-order valence-corrected chi connectivity index (χ2v) is 8.73. The third kappa shape index (κ3) is 4.76. The molecule has 0 aromatic carbocycles. The molecule has 0 aliphatic heterocycles. The van der Waals surface area contributed by atoms with Gasteiger partial charge in [0.15, 0.2) is 23.1 Å². The molecule has 1 fully saturated rings. The quantitative estimate of drug-likeness (QED) is 0.537. The van der Waals surface area contributed by atoms with Crippen LogP contribution in [0.25, 0.3) is 22.4 Å². The van der Waals surface area contributed by atoms with Gasteiger partial charge in [0, 0.05) is 35.4 Å². The highest BCUT2D eigenvalue weighted by molar-refractivity contribution is 6.31. The van der Waals surface area contributed by atoms with E-state index in [1.165, 1.54) is 20.0 Å². The highest BCUT2D eigenvalue weighted by atomic mass is 35.5. The SMILES string of the molecule is CC(C)(F)C(=O)N[C@@H]1CCC[C@H](Nc2nc(-c3c[nH]c4ncc(Cl)cc34)ncc2F)C1. The first-order valence-corrected chi connectivity index (χ1v) is 10.5. The van der Waals surface area contributed by atoms with Crippen molar-refractivity contribution in [2.75, 3.05) is 5.32 Å². The Bertz CT molecular complexity index is 1110. The van der Waals surface area contributed by atoms with Crippen molar-refractivity contribution >= 4 is 34.4 Å². The number of aromatic amines is 1. The highest BCUT2D eigenvalue weighted by Crippen LogP contribution is 2.29. The molecule has 1 aliphatic rings. The number of hydrogen-bond donors (Lipinski definition) is 3. The normalized spacial score (nSPS) is 19.4. The number of carbonyl (C=O) groups is 1. The van der Waals surface area contributed by atoms with Crippen molar-refractivity contribution in [1.82, 2.24) is 25.3 Å². The molecule has 164 valence electrons. The van der Waals surface area contributed by atoms with Crippen LogP contribution in [-0.2, 0) is 4.79 Å². The summed E-state index contributed by atoms with van der Waals surface area (Å²) in [5.41, 5.74) is -0.652. The predicted octanol–water partition coefficient (Wildman–Crippen LogP) is 4.40. The number of H-pyrrole nitrogens is 1. The van der Waals surface area contributed by atoms with Gasteiger partial charge in [-0.2, -0.15) is 0 Å². The molecule has 0 spiro atoms. The maximum atomic E-state index is 14.5. The van der Waals surface area contributed by atoms with Gasteiger partial charge in [-0.1, -0.05) is 11.6 Å². The first-order chi connectivity index (χ1) is 14.7. The highest BCUT2D eigenvalue weighted by Gasteiger charge is 2.31. The van der Waals surface area contributed by atoms with Crippen LogP contribution >= 0.6 is 11.6 Å². The van der Waals surface area contributed by atoms with E-state index < -0.39 is 17.4 Å². The lowest BCUT2D eigenvalue weighted by Crippen LogP contribution is -2.47. The number of hydrogen-bond acceptors (Lipinski definition) is 5. The van der Waals surface area contributed by atoms with Crippen LogP contribution < -0.4 is 10.6 Å². The molecule has 0 saturated heterocycles. The minimum atomic E-state index is -1.94. The number of rotatable bonds is 5. The zero-order valence-electron chi connectivity index (χ0n) is 17.2. The van der Waals surface area contributed by atoms with E-state index in [0.29, 0.717) is 28.5 Å². The van der Waals surface area contributed by atoms with Crippen LogP contribution in [0.3, 0.4) is 0 Å². The molecule has 7 nitrogen and oxygen atoms in total. The lowest BCUT2D eigenvalue weighted by atomic mass is 9.90. The number of pyridine rings is 1. The number of fused-ring (bicyclic) bond motifs is 1. The number of amides is 1. The number of nitrogens with zero attached hydrogens (tertiary/aromatic N) is 3. The van der Waals surface area contributed by atoms with Gasteiger partial charge in [0.05, 0.1) is 11.2 Å². The Hall–Kier alpha value is -2.81. The molecule has 1 amide bonds. The van der Waals surface area contributed by atoms with Gasteiger partial charge in [0.2, 0.25) is 0 Å². The molecule has 1 saturated carbocycles. The van der Waals surface area contributed by atoms with E-state index in [2.05, 4.69) is 30.6 Å². The fourth-order valence-electron chi connectivity index (χ4n) is 3.76. The molecule has 1 aliphatic carbocycles. The number of aromatic nitrogens is 4. The summed E-state index contributed by atoms with van der Waals surface area (Å²) in [7, 11) is 0. The van der Waals surface area contributed by atoms with Gasteiger partial charge in [0.1, 0.15) is 5.65 Å². The molecule has 0 bridgehead atoms. The van der Waals surface area contributed by atoms with E-state index >= 15 is 0 Å². The van der Waals surface area contributed by atoms with Crippen LogP contribution in [0.1, 0.15) is 39.5 Å². The molecular formula is C21H23ClF2N6O. The topological polar surface area (TPSA) is 95.6 Å². The summed E-state index contributed by atoms with van der Waals surface area (Å²) in [6, 6.07) is 1.45. The van der Waals surface area contributed by atoms with Crippen molar-refractivity contribution in [3.8, 4) is 11.4 Å². The lowest BCUT2D eigenvalue weighted by Gasteiger charge is -2.31. The zero-order valence-corrected chi connectivity index (χ0v) is 17.9. The number of anilines is 1. The smallest absolute Gasteiger partial charge is 0.257 e. The van der Waals surface area contributed by atoms with Crippen molar-refractivity contribution in [3.05, 3.63) is 35.5 Å². The maximum Gasteiger partial charge on any atom is 0.257 e. The van der Waals surface area contributed by atoms with E-state index in [9.17, 15) is 13.6 Å². The van der Waals surface area contributed by atoms with Gasteiger partial charge in [-0.05, 0) is 45.6 Å². The molecule has 0 unspecified atom stereocenters. The Morgan fingerprint density at radius 1 is 1.26 bits per heavy atom. The van der Waals surface area contributed by atoms with Gasteiger partial charge < -0.3 is 15.6 Å². The van der Waals surface area contributed by atoms with Gasteiger partial charge in [-0.25, -0.2) is 23.7 Å². The van der Waals surface area contributed by atoms with Crippen LogP contribution in [0.15, 0.2) is 24.7 Å². The van der Waals surface area contributed by atoms with E-state index in [4.69, 9.17) is 11.6 Å².